The first-order chi connectivity index (χ1) is 7.84. The molecule has 0 saturated carbocycles. The van der Waals surface area contributed by atoms with Gasteiger partial charge >= 0.3 is 0 Å². The number of aromatic amines is 1. The van der Waals surface area contributed by atoms with Crippen molar-refractivity contribution in [3.63, 3.8) is 0 Å². The summed E-state index contributed by atoms with van der Waals surface area (Å²) in [5.41, 5.74) is 0. The molecule has 3 aromatic rings. The van der Waals surface area contributed by atoms with Crippen LogP contribution in [0.25, 0.3) is 22.4 Å². The van der Waals surface area contributed by atoms with Gasteiger partial charge in [0.25, 0.3) is 5.89 Å². The summed E-state index contributed by atoms with van der Waals surface area (Å²) in [5, 5.41) is 12.6. The van der Waals surface area contributed by atoms with Crippen molar-refractivity contribution < 1.29 is 4.52 Å². The molecule has 8 heteroatoms. The van der Waals surface area contributed by atoms with Gasteiger partial charge in [-0.1, -0.05) is 16.8 Å². The van der Waals surface area contributed by atoms with Crippen molar-refractivity contribution in [3.05, 3.63) is 22.8 Å². The lowest BCUT2D eigenvalue weighted by Gasteiger charge is -1.86. The molecule has 16 heavy (non-hydrogen) atoms. The third kappa shape index (κ3) is 1.50. The molecular weight excluding hydrogens is 250 g/mol. The van der Waals surface area contributed by atoms with E-state index in [1.807, 2.05) is 5.38 Å². The summed E-state index contributed by atoms with van der Waals surface area (Å²) in [6.07, 6.45) is 1.38. The van der Waals surface area contributed by atoms with Gasteiger partial charge in [-0.25, -0.2) is 4.98 Å². The molecule has 6 nitrogen and oxygen atoms in total. The van der Waals surface area contributed by atoms with Crippen LogP contribution >= 0.6 is 22.9 Å². The van der Waals surface area contributed by atoms with Crippen LogP contribution < -0.4 is 0 Å². The average Bonchev–Trinajstić information content (AvgIpc) is 2.96. The topological polar surface area (TPSA) is 80.5 Å². The number of H-pyrrole nitrogens is 1. The lowest BCUT2D eigenvalue weighted by molar-refractivity contribution is 0.433. The second kappa shape index (κ2) is 3.69. The second-order valence-electron chi connectivity index (χ2n) is 2.85. The number of rotatable bonds is 2. The number of hydrogen-bond acceptors (Lipinski definition) is 6. The predicted molar refractivity (Wildman–Crippen MR) is 58.0 cm³/mol. The Balaban J connectivity index is 2.03. The fourth-order valence-corrected chi connectivity index (χ4v) is 2.23. The molecule has 0 spiro atoms. The molecule has 1 N–H and O–H groups in total. The highest BCUT2D eigenvalue weighted by atomic mass is 35.5. The number of aromatic nitrogens is 5. The van der Waals surface area contributed by atoms with Gasteiger partial charge in [0.2, 0.25) is 5.82 Å². The van der Waals surface area contributed by atoms with Crippen LogP contribution in [0.1, 0.15) is 0 Å². The molecule has 0 fully saturated rings. The van der Waals surface area contributed by atoms with E-state index in [0.717, 1.165) is 4.88 Å². The average molecular weight is 254 g/mol. The molecule has 0 amide bonds. The van der Waals surface area contributed by atoms with E-state index in [9.17, 15) is 0 Å². The quantitative estimate of drug-likeness (QED) is 0.757. The van der Waals surface area contributed by atoms with Crippen LogP contribution in [0.5, 0.6) is 0 Å². The molecule has 3 aromatic heterocycles. The van der Waals surface area contributed by atoms with Crippen LogP contribution in [0, 0.1) is 0 Å². The first-order valence-electron chi connectivity index (χ1n) is 4.27. The zero-order valence-electron chi connectivity index (χ0n) is 7.72. The summed E-state index contributed by atoms with van der Waals surface area (Å²) in [4.78, 5) is 8.84. The summed E-state index contributed by atoms with van der Waals surface area (Å²) in [7, 11) is 0. The monoisotopic (exact) mass is 253 g/mol. The van der Waals surface area contributed by atoms with Gasteiger partial charge in [-0.3, -0.25) is 5.10 Å². The predicted octanol–water partition coefficient (Wildman–Crippen LogP) is 2.24. The van der Waals surface area contributed by atoms with Crippen molar-refractivity contribution in [2.24, 2.45) is 0 Å². The maximum absolute atomic E-state index is 5.96. The van der Waals surface area contributed by atoms with Crippen molar-refractivity contribution >= 4 is 22.9 Å². The van der Waals surface area contributed by atoms with Gasteiger partial charge in [0.1, 0.15) is 11.2 Å². The normalized spacial score (nSPS) is 10.8. The lowest BCUT2D eigenvalue weighted by Crippen LogP contribution is -1.82. The molecule has 0 saturated heterocycles. The number of nitrogens with one attached hydrogen (secondary N) is 1. The zero-order chi connectivity index (χ0) is 11.0. The Labute approximate surface area is 98.3 Å². The van der Waals surface area contributed by atoms with Crippen molar-refractivity contribution in [1.29, 1.82) is 0 Å². The molecule has 0 radical (unpaired) electrons. The van der Waals surface area contributed by atoms with E-state index < -0.39 is 0 Å². The third-order valence-electron chi connectivity index (χ3n) is 1.86. The van der Waals surface area contributed by atoms with Crippen molar-refractivity contribution in [1.82, 2.24) is 25.3 Å². The Morgan fingerprint density at radius 3 is 3.06 bits per heavy atom. The van der Waals surface area contributed by atoms with Crippen LogP contribution in [-0.4, -0.2) is 25.3 Å². The van der Waals surface area contributed by atoms with E-state index in [0.29, 0.717) is 22.6 Å². The molecule has 3 rings (SSSR count). The minimum absolute atomic E-state index is 0.358. The first kappa shape index (κ1) is 9.49. The smallest absolute Gasteiger partial charge is 0.269 e. The highest BCUT2D eigenvalue weighted by Crippen LogP contribution is 2.32. The fourth-order valence-electron chi connectivity index (χ4n) is 1.17. The highest BCUT2D eigenvalue weighted by molar-refractivity contribution is 7.14. The zero-order valence-corrected chi connectivity index (χ0v) is 9.29. The van der Waals surface area contributed by atoms with Gasteiger partial charge in [-0.05, 0) is 11.4 Å². The molecule has 0 aliphatic heterocycles. The van der Waals surface area contributed by atoms with Crippen LogP contribution in [0.4, 0.5) is 0 Å². The van der Waals surface area contributed by atoms with Gasteiger partial charge in [-0.15, -0.1) is 11.3 Å². The minimum atomic E-state index is 0.358. The Hall–Kier alpha value is -1.73. The number of halogens is 1. The Kier molecular flexibility index (Phi) is 2.19. The molecule has 0 atom stereocenters. The van der Waals surface area contributed by atoms with Crippen molar-refractivity contribution in [2.45, 2.75) is 0 Å². The summed E-state index contributed by atoms with van der Waals surface area (Å²) in [5.74, 6) is 1.20. The lowest BCUT2D eigenvalue weighted by atomic mass is 10.4. The van der Waals surface area contributed by atoms with E-state index in [4.69, 9.17) is 16.1 Å². The second-order valence-corrected chi connectivity index (χ2v) is 4.18. The highest BCUT2D eigenvalue weighted by Gasteiger charge is 2.15. The van der Waals surface area contributed by atoms with E-state index in [2.05, 4.69) is 25.3 Å². The maximum atomic E-state index is 5.96. The maximum Gasteiger partial charge on any atom is 0.269 e. The van der Waals surface area contributed by atoms with Crippen LogP contribution in [0.2, 0.25) is 5.02 Å². The number of thiophene rings is 1. The Morgan fingerprint density at radius 1 is 1.44 bits per heavy atom. The SMILES string of the molecule is Clc1ccsc1-c1nc(-c2ncn[nH]2)no1. The Bertz CT molecular complexity index is 602. The molecule has 0 aliphatic rings. The van der Waals surface area contributed by atoms with Crippen molar-refractivity contribution in [2.75, 3.05) is 0 Å². The number of hydrogen-bond donors (Lipinski definition) is 1. The molecule has 0 aromatic carbocycles. The van der Waals surface area contributed by atoms with Gasteiger partial charge < -0.3 is 4.52 Å². The third-order valence-corrected chi connectivity index (χ3v) is 3.19. The van der Waals surface area contributed by atoms with Crippen LogP contribution in [-0.2, 0) is 0 Å². The summed E-state index contributed by atoms with van der Waals surface area (Å²) in [6, 6.07) is 1.78. The van der Waals surface area contributed by atoms with Crippen LogP contribution in [0.3, 0.4) is 0 Å². The molecule has 80 valence electrons. The van der Waals surface area contributed by atoms with Crippen LogP contribution in [0.15, 0.2) is 22.3 Å². The van der Waals surface area contributed by atoms with E-state index >= 15 is 0 Å². The number of nitrogens with zero attached hydrogens (tertiary/aromatic N) is 4. The largest absolute Gasteiger partial charge is 0.333 e. The van der Waals surface area contributed by atoms with Gasteiger partial charge in [0.05, 0.1) is 5.02 Å². The summed E-state index contributed by atoms with van der Waals surface area (Å²) >= 11 is 7.39. The van der Waals surface area contributed by atoms with E-state index in [1.54, 1.807) is 6.07 Å². The summed E-state index contributed by atoms with van der Waals surface area (Å²) < 4.78 is 5.09. The molecule has 0 bridgehead atoms. The summed E-state index contributed by atoms with van der Waals surface area (Å²) in [6.45, 7) is 0. The van der Waals surface area contributed by atoms with Gasteiger partial charge in [0.15, 0.2) is 5.82 Å². The van der Waals surface area contributed by atoms with E-state index in [1.165, 1.54) is 17.7 Å². The molecule has 0 aliphatic carbocycles. The molecule has 3 heterocycles. The van der Waals surface area contributed by atoms with Gasteiger partial charge in [0, 0.05) is 0 Å². The fraction of sp³-hybridized carbons (Fsp3) is 0. The van der Waals surface area contributed by atoms with Crippen molar-refractivity contribution in [3.8, 4) is 22.4 Å². The minimum Gasteiger partial charge on any atom is -0.333 e. The standard InChI is InChI=1S/C8H4ClN5OS/c9-4-1-2-16-5(4)8-12-7(14-15-8)6-10-3-11-13-6/h1-3H,(H,10,11,13). The first-order valence-corrected chi connectivity index (χ1v) is 5.53. The molecular formula is C8H4ClN5OS. The van der Waals surface area contributed by atoms with E-state index in [-0.39, 0.29) is 0 Å². The molecule has 0 unspecified atom stereocenters. The van der Waals surface area contributed by atoms with Gasteiger partial charge in [-0.2, -0.15) is 10.1 Å². The Morgan fingerprint density at radius 2 is 2.38 bits per heavy atom.